The predicted molar refractivity (Wildman–Crippen MR) is 98.8 cm³/mol. The number of aliphatic imine (C=N–C) groups is 1. The standard InChI is InChI=1S/C18H19NO.C2H2O4/c1-14(17-11-7-13-19-17)20-18-12-6-5-10-16(18)15-8-3-2-4-9-15;3-1(4)2(5)6/h2-6,8-10,12,14H,7,11,13H2,1H3;(H,3,4)(H,5,6). The Balaban J connectivity index is 0.000000352. The Morgan fingerprint density at radius 2 is 1.62 bits per heavy atom. The average molecular weight is 355 g/mol. The maximum Gasteiger partial charge on any atom is 0.414 e. The molecule has 2 aromatic rings. The van der Waals surface area contributed by atoms with Crippen LogP contribution in [0.2, 0.25) is 0 Å². The lowest BCUT2D eigenvalue weighted by Gasteiger charge is -2.17. The summed E-state index contributed by atoms with van der Waals surface area (Å²) in [6.07, 6.45) is 2.28. The fourth-order valence-electron chi connectivity index (χ4n) is 2.58. The zero-order chi connectivity index (χ0) is 18.9. The number of benzene rings is 2. The molecule has 0 bridgehead atoms. The van der Waals surface area contributed by atoms with Crippen molar-refractivity contribution < 1.29 is 24.5 Å². The molecule has 1 unspecified atom stereocenters. The average Bonchev–Trinajstić information content (AvgIpc) is 3.18. The molecule has 6 heteroatoms. The molecule has 0 aliphatic carbocycles. The summed E-state index contributed by atoms with van der Waals surface area (Å²) in [5.41, 5.74) is 3.51. The third kappa shape index (κ3) is 5.44. The number of carbonyl (C=O) groups is 2. The minimum atomic E-state index is -1.82. The van der Waals surface area contributed by atoms with E-state index >= 15 is 0 Å². The van der Waals surface area contributed by atoms with Gasteiger partial charge in [-0.2, -0.15) is 0 Å². The van der Waals surface area contributed by atoms with Gasteiger partial charge in [0.25, 0.3) is 0 Å². The second-order valence-corrected chi connectivity index (χ2v) is 5.71. The highest BCUT2D eigenvalue weighted by atomic mass is 16.5. The summed E-state index contributed by atoms with van der Waals surface area (Å²) >= 11 is 0. The van der Waals surface area contributed by atoms with Crippen molar-refractivity contribution in [3.8, 4) is 16.9 Å². The van der Waals surface area contributed by atoms with Crippen LogP contribution < -0.4 is 4.74 Å². The third-order valence-corrected chi connectivity index (χ3v) is 3.83. The zero-order valence-electron chi connectivity index (χ0n) is 14.5. The van der Waals surface area contributed by atoms with Crippen molar-refractivity contribution in [2.45, 2.75) is 25.9 Å². The molecule has 0 amide bonds. The van der Waals surface area contributed by atoms with E-state index in [0.29, 0.717) is 0 Å². The molecular formula is C20H21NO5. The van der Waals surface area contributed by atoms with Crippen molar-refractivity contribution >= 4 is 17.7 Å². The van der Waals surface area contributed by atoms with Gasteiger partial charge in [0, 0.05) is 12.1 Å². The Morgan fingerprint density at radius 3 is 2.19 bits per heavy atom. The van der Waals surface area contributed by atoms with Crippen LogP contribution in [0.25, 0.3) is 11.1 Å². The van der Waals surface area contributed by atoms with Gasteiger partial charge < -0.3 is 14.9 Å². The molecule has 0 saturated heterocycles. The lowest BCUT2D eigenvalue weighted by atomic mass is 10.0. The van der Waals surface area contributed by atoms with Crippen molar-refractivity contribution in [2.24, 2.45) is 4.99 Å². The number of aliphatic carboxylic acids is 2. The maximum atomic E-state index is 9.10. The molecular weight excluding hydrogens is 334 g/mol. The quantitative estimate of drug-likeness (QED) is 0.818. The Hall–Kier alpha value is -3.15. The summed E-state index contributed by atoms with van der Waals surface area (Å²) in [7, 11) is 0. The van der Waals surface area contributed by atoms with E-state index in [4.69, 9.17) is 24.5 Å². The number of carboxylic acid groups (broad SMARTS) is 2. The molecule has 0 aromatic heterocycles. The second kappa shape index (κ2) is 9.36. The Bertz CT molecular complexity index is 774. The zero-order valence-corrected chi connectivity index (χ0v) is 14.5. The van der Waals surface area contributed by atoms with Gasteiger partial charge in [0.15, 0.2) is 0 Å². The highest BCUT2D eigenvalue weighted by Crippen LogP contribution is 2.30. The SMILES string of the molecule is CC(Oc1ccccc1-c1ccccc1)C1=NCCC1.O=C(O)C(=O)O. The first-order chi connectivity index (χ1) is 12.5. The van der Waals surface area contributed by atoms with Crippen molar-refractivity contribution in [3.63, 3.8) is 0 Å². The molecule has 26 heavy (non-hydrogen) atoms. The van der Waals surface area contributed by atoms with E-state index in [1.165, 1.54) is 11.3 Å². The molecule has 2 aromatic carbocycles. The van der Waals surface area contributed by atoms with E-state index in [1.807, 2.05) is 24.3 Å². The van der Waals surface area contributed by atoms with E-state index in [-0.39, 0.29) is 6.10 Å². The molecule has 0 fully saturated rings. The first-order valence-corrected chi connectivity index (χ1v) is 8.29. The number of nitrogens with zero attached hydrogens (tertiary/aromatic N) is 1. The van der Waals surface area contributed by atoms with Gasteiger partial charge in [0.1, 0.15) is 11.9 Å². The maximum absolute atomic E-state index is 9.10. The molecule has 3 rings (SSSR count). The van der Waals surface area contributed by atoms with Crippen molar-refractivity contribution in [1.82, 2.24) is 0 Å². The van der Waals surface area contributed by atoms with E-state index in [9.17, 15) is 0 Å². The van der Waals surface area contributed by atoms with Crippen molar-refractivity contribution in [2.75, 3.05) is 6.54 Å². The summed E-state index contributed by atoms with van der Waals surface area (Å²) in [5, 5.41) is 14.8. The largest absolute Gasteiger partial charge is 0.484 e. The summed E-state index contributed by atoms with van der Waals surface area (Å²) in [5.74, 6) is -2.72. The van der Waals surface area contributed by atoms with Crippen LogP contribution in [0.3, 0.4) is 0 Å². The van der Waals surface area contributed by atoms with Gasteiger partial charge >= 0.3 is 11.9 Å². The van der Waals surface area contributed by atoms with Crippen molar-refractivity contribution in [1.29, 1.82) is 0 Å². The molecule has 1 heterocycles. The summed E-state index contributed by atoms with van der Waals surface area (Å²) in [6.45, 7) is 3.04. The lowest BCUT2D eigenvalue weighted by Crippen LogP contribution is -2.22. The van der Waals surface area contributed by atoms with Crippen LogP contribution >= 0.6 is 0 Å². The van der Waals surface area contributed by atoms with Crippen LogP contribution in [0.15, 0.2) is 59.6 Å². The van der Waals surface area contributed by atoms with Gasteiger partial charge in [-0.05, 0) is 31.4 Å². The van der Waals surface area contributed by atoms with Gasteiger partial charge in [0.2, 0.25) is 0 Å². The monoisotopic (exact) mass is 355 g/mol. The highest BCUT2D eigenvalue weighted by molar-refractivity contribution is 6.27. The van der Waals surface area contributed by atoms with E-state index in [1.54, 1.807) is 0 Å². The third-order valence-electron chi connectivity index (χ3n) is 3.83. The van der Waals surface area contributed by atoms with Crippen LogP contribution in [-0.2, 0) is 9.59 Å². The van der Waals surface area contributed by atoms with Crippen LogP contribution in [0.5, 0.6) is 5.75 Å². The molecule has 0 spiro atoms. The molecule has 136 valence electrons. The van der Waals surface area contributed by atoms with Crippen molar-refractivity contribution in [3.05, 3.63) is 54.6 Å². The molecule has 0 radical (unpaired) electrons. The van der Waals surface area contributed by atoms with Crippen LogP contribution in [0.1, 0.15) is 19.8 Å². The Kier molecular flexibility index (Phi) is 6.91. The lowest BCUT2D eigenvalue weighted by molar-refractivity contribution is -0.159. The number of carboxylic acids is 2. The van der Waals surface area contributed by atoms with E-state index in [0.717, 1.165) is 30.7 Å². The number of rotatable bonds is 4. The van der Waals surface area contributed by atoms with E-state index < -0.39 is 11.9 Å². The Labute approximate surface area is 151 Å². The fourth-order valence-corrected chi connectivity index (χ4v) is 2.58. The Morgan fingerprint density at radius 1 is 1.00 bits per heavy atom. The molecule has 1 aliphatic heterocycles. The summed E-state index contributed by atoms with van der Waals surface area (Å²) in [6, 6.07) is 18.6. The molecule has 1 aliphatic rings. The van der Waals surface area contributed by atoms with Gasteiger partial charge in [-0.1, -0.05) is 48.5 Å². The summed E-state index contributed by atoms with van der Waals surface area (Å²) in [4.78, 5) is 22.7. The first-order valence-electron chi connectivity index (χ1n) is 8.29. The van der Waals surface area contributed by atoms with Crippen LogP contribution in [-0.4, -0.2) is 40.5 Å². The first kappa shape index (κ1) is 19.2. The molecule has 0 saturated carbocycles. The molecule has 1 atom stereocenters. The minimum Gasteiger partial charge on any atom is -0.484 e. The number of ether oxygens (including phenoxy) is 1. The second-order valence-electron chi connectivity index (χ2n) is 5.71. The summed E-state index contributed by atoms with van der Waals surface area (Å²) < 4.78 is 6.15. The van der Waals surface area contributed by atoms with Gasteiger partial charge in [-0.3, -0.25) is 4.99 Å². The van der Waals surface area contributed by atoms with Gasteiger partial charge in [-0.15, -0.1) is 0 Å². The van der Waals surface area contributed by atoms with Gasteiger partial charge in [-0.25, -0.2) is 9.59 Å². The van der Waals surface area contributed by atoms with Crippen LogP contribution in [0.4, 0.5) is 0 Å². The topological polar surface area (TPSA) is 96.2 Å². The minimum absolute atomic E-state index is 0.0577. The number of hydrogen-bond acceptors (Lipinski definition) is 4. The number of para-hydroxylation sites is 1. The van der Waals surface area contributed by atoms with Gasteiger partial charge in [0.05, 0.1) is 5.71 Å². The highest BCUT2D eigenvalue weighted by Gasteiger charge is 2.17. The van der Waals surface area contributed by atoms with E-state index in [2.05, 4.69) is 42.2 Å². The number of hydrogen-bond donors (Lipinski definition) is 2. The molecule has 6 nitrogen and oxygen atoms in total. The smallest absolute Gasteiger partial charge is 0.414 e. The fraction of sp³-hybridized carbons (Fsp3) is 0.250. The molecule has 2 N–H and O–H groups in total. The normalized spacial score (nSPS) is 13.8. The van der Waals surface area contributed by atoms with Crippen LogP contribution in [0, 0.1) is 0 Å². The predicted octanol–water partition coefficient (Wildman–Crippen LogP) is 3.51.